The SMILES string of the molecule is O=C1OCc2c(cc3n(c2=O)Cc2c-3nc3ccccc3c2-c2cn[nH]c2)[C@@H]1O. The van der Waals surface area contributed by atoms with Crippen molar-refractivity contribution in [2.75, 3.05) is 0 Å². The van der Waals surface area contributed by atoms with E-state index in [2.05, 4.69) is 10.2 Å². The second-order valence-corrected chi connectivity index (χ2v) is 7.18. The van der Waals surface area contributed by atoms with Crippen LogP contribution in [0, 0.1) is 0 Å². The first-order valence-corrected chi connectivity index (χ1v) is 9.16. The predicted octanol–water partition coefficient (Wildman–Crippen LogP) is 1.91. The van der Waals surface area contributed by atoms with E-state index in [-0.39, 0.29) is 12.2 Å². The van der Waals surface area contributed by atoms with Gasteiger partial charge in [0.05, 0.1) is 35.2 Å². The number of esters is 1. The number of rotatable bonds is 1. The van der Waals surface area contributed by atoms with Crippen molar-refractivity contribution in [3.8, 4) is 22.5 Å². The van der Waals surface area contributed by atoms with E-state index >= 15 is 0 Å². The topological polar surface area (TPSA) is 110 Å². The third-order valence-electron chi connectivity index (χ3n) is 5.65. The van der Waals surface area contributed by atoms with Gasteiger partial charge in [-0.3, -0.25) is 9.89 Å². The molecule has 0 aliphatic carbocycles. The van der Waals surface area contributed by atoms with Gasteiger partial charge >= 0.3 is 5.97 Å². The number of aromatic amines is 1. The van der Waals surface area contributed by atoms with Gasteiger partial charge in [-0.2, -0.15) is 5.10 Å². The molecule has 0 saturated heterocycles. The minimum atomic E-state index is -1.46. The van der Waals surface area contributed by atoms with Crippen molar-refractivity contribution in [1.29, 1.82) is 0 Å². The smallest absolute Gasteiger partial charge is 0.340 e. The molecule has 29 heavy (non-hydrogen) atoms. The third kappa shape index (κ3) is 2.11. The number of ether oxygens (including phenoxy) is 1. The summed E-state index contributed by atoms with van der Waals surface area (Å²) >= 11 is 0. The van der Waals surface area contributed by atoms with E-state index in [1.165, 1.54) is 0 Å². The van der Waals surface area contributed by atoms with E-state index in [4.69, 9.17) is 9.72 Å². The van der Waals surface area contributed by atoms with Crippen LogP contribution in [0.5, 0.6) is 0 Å². The van der Waals surface area contributed by atoms with Gasteiger partial charge in [-0.25, -0.2) is 9.78 Å². The Morgan fingerprint density at radius 3 is 2.90 bits per heavy atom. The maximum Gasteiger partial charge on any atom is 0.340 e. The van der Waals surface area contributed by atoms with Gasteiger partial charge < -0.3 is 14.4 Å². The lowest BCUT2D eigenvalue weighted by atomic mass is 9.96. The average Bonchev–Trinajstić information content (AvgIpc) is 3.38. The Hall–Kier alpha value is -3.78. The molecule has 1 aromatic carbocycles. The quantitative estimate of drug-likeness (QED) is 0.426. The van der Waals surface area contributed by atoms with Crippen LogP contribution < -0.4 is 5.56 Å². The molecule has 8 nitrogen and oxygen atoms in total. The summed E-state index contributed by atoms with van der Waals surface area (Å²) in [5.41, 5.74) is 5.17. The molecule has 5 heterocycles. The van der Waals surface area contributed by atoms with Crippen molar-refractivity contribution in [3.63, 3.8) is 0 Å². The summed E-state index contributed by atoms with van der Waals surface area (Å²) in [5.74, 6) is -0.745. The van der Waals surface area contributed by atoms with Crippen molar-refractivity contribution < 1.29 is 14.6 Å². The number of nitrogens with one attached hydrogen (secondary N) is 1. The molecule has 0 fully saturated rings. The number of nitrogens with zero attached hydrogens (tertiary/aromatic N) is 3. The maximum absolute atomic E-state index is 13.1. The summed E-state index contributed by atoms with van der Waals surface area (Å²) in [6, 6.07) is 9.47. The van der Waals surface area contributed by atoms with E-state index in [1.807, 2.05) is 30.5 Å². The highest BCUT2D eigenvalue weighted by Crippen LogP contribution is 2.41. The number of cyclic esters (lactones) is 1. The Labute approximate surface area is 163 Å². The van der Waals surface area contributed by atoms with Crippen LogP contribution in [0.4, 0.5) is 0 Å². The van der Waals surface area contributed by atoms with Crippen molar-refractivity contribution in [2.24, 2.45) is 0 Å². The van der Waals surface area contributed by atoms with Crippen LogP contribution in [0.2, 0.25) is 0 Å². The molecule has 0 spiro atoms. The Morgan fingerprint density at radius 1 is 1.21 bits per heavy atom. The van der Waals surface area contributed by atoms with Crippen LogP contribution in [-0.4, -0.2) is 30.8 Å². The second kappa shape index (κ2) is 5.62. The summed E-state index contributed by atoms with van der Waals surface area (Å²) in [6.07, 6.45) is 2.10. The monoisotopic (exact) mass is 386 g/mol. The Bertz CT molecular complexity index is 1390. The molecule has 142 valence electrons. The molecule has 6 rings (SSSR count). The van der Waals surface area contributed by atoms with Crippen LogP contribution in [-0.2, 0) is 22.7 Å². The third-order valence-corrected chi connectivity index (χ3v) is 5.65. The lowest BCUT2D eigenvalue weighted by Crippen LogP contribution is -2.32. The van der Waals surface area contributed by atoms with Gasteiger partial charge in [-0.1, -0.05) is 18.2 Å². The van der Waals surface area contributed by atoms with E-state index in [0.717, 1.165) is 27.6 Å². The molecule has 0 radical (unpaired) electrons. The standard InChI is InChI=1S/C21H14N4O4/c26-19-12-5-16-18-13(8-25(16)20(27)14(12)9-29-21(19)28)17(10-6-22-23-7-10)11-3-1-2-4-15(11)24-18/h1-7,19,26H,8-9H2,(H,22,23)/t19-/m0/s1. The van der Waals surface area contributed by atoms with Gasteiger partial charge in [0.2, 0.25) is 0 Å². The minimum Gasteiger partial charge on any atom is -0.458 e. The summed E-state index contributed by atoms with van der Waals surface area (Å²) in [5, 5.41) is 18.1. The summed E-state index contributed by atoms with van der Waals surface area (Å²) in [4.78, 5) is 29.7. The number of hydrogen-bond acceptors (Lipinski definition) is 6. The number of carbonyl (C=O) groups is 1. The first-order valence-electron chi connectivity index (χ1n) is 9.16. The molecular formula is C21H14N4O4. The predicted molar refractivity (Wildman–Crippen MR) is 103 cm³/mol. The van der Waals surface area contributed by atoms with Gasteiger partial charge in [0, 0.05) is 33.8 Å². The fourth-order valence-electron chi connectivity index (χ4n) is 4.29. The molecular weight excluding hydrogens is 372 g/mol. The molecule has 2 aliphatic rings. The highest BCUT2D eigenvalue weighted by Gasteiger charge is 2.34. The molecule has 0 amide bonds. The molecule has 1 atom stereocenters. The van der Waals surface area contributed by atoms with E-state index in [1.54, 1.807) is 16.8 Å². The number of pyridine rings is 2. The molecule has 4 aromatic rings. The van der Waals surface area contributed by atoms with Crippen molar-refractivity contribution >= 4 is 16.9 Å². The fraction of sp³-hybridized carbons (Fsp3) is 0.143. The molecule has 0 saturated carbocycles. The second-order valence-electron chi connectivity index (χ2n) is 7.18. The molecule has 2 aliphatic heterocycles. The summed E-state index contributed by atoms with van der Waals surface area (Å²) in [6.45, 7) is 0.212. The lowest BCUT2D eigenvalue weighted by molar-refractivity contribution is -0.157. The average molecular weight is 386 g/mol. The maximum atomic E-state index is 13.1. The minimum absolute atomic E-state index is 0.134. The first kappa shape index (κ1) is 16.2. The highest BCUT2D eigenvalue weighted by molar-refractivity contribution is 5.99. The van der Waals surface area contributed by atoms with Gasteiger partial charge in [0.25, 0.3) is 5.56 Å². The van der Waals surface area contributed by atoms with Gasteiger partial charge in [-0.15, -0.1) is 0 Å². The van der Waals surface area contributed by atoms with Crippen LogP contribution >= 0.6 is 0 Å². The van der Waals surface area contributed by atoms with Crippen molar-refractivity contribution in [2.45, 2.75) is 19.3 Å². The number of para-hydroxylation sites is 1. The summed E-state index contributed by atoms with van der Waals surface area (Å²) < 4.78 is 6.58. The normalized spacial score (nSPS) is 17.0. The largest absolute Gasteiger partial charge is 0.458 e. The summed E-state index contributed by atoms with van der Waals surface area (Å²) in [7, 11) is 0. The van der Waals surface area contributed by atoms with E-state index in [9.17, 15) is 14.7 Å². The molecule has 0 bridgehead atoms. The number of carbonyl (C=O) groups excluding carboxylic acids is 1. The van der Waals surface area contributed by atoms with Crippen LogP contribution in [0.15, 0.2) is 47.5 Å². The zero-order valence-electron chi connectivity index (χ0n) is 15.0. The first-order chi connectivity index (χ1) is 14.1. The highest BCUT2D eigenvalue weighted by atomic mass is 16.5. The van der Waals surface area contributed by atoms with Crippen LogP contribution in [0.25, 0.3) is 33.4 Å². The number of aliphatic hydroxyl groups excluding tert-OH is 1. The van der Waals surface area contributed by atoms with Gasteiger partial charge in [0.15, 0.2) is 6.10 Å². The Morgan fingerprint density at radius 2 is 2.07 bits per heavy atom. The van der Waals surface area contributed by atoms with Crippen molar-refractivity contribution in [1.82, 2.24) is 19.7 Å². The number of aromatic nitrogens is 4. The van der Waals surface area contributed by atoms with Gasteiger partial charge in [-0.05, 0) is 12.1 Å². The number of benzene rings is 1. The molecule has 3 aromatic heterocycles. The van der Waals surface area contributed by atoms with Crippen LogP contribution in [0.3, 0.4) is 0 Å². The number of hydrogen-bond donors (Lipinski definition) is 2. The number of H-pyrrole nitrogens is 1. The zero-order chi connectivity index (χ0) is 19.7. The zero-order valence-corrected chi connectivity index (χ0v) is 15.0. The molecule has 8 heteroatoms. The Balaban J connectivity index is 1.70. The lowest BCUT2D eigenvalue weighted by Gasteiger charge is -2.21. The van der Waals surface area contributed by atoms with E-state index < -0.39 is 12.1 Å². The number of fused-ring (bicyclic) bond motifs is 5. The van der Waals surface area contributed by atoms with E-state index in [0.29, 0.717) is 29.1 Å². The molecule has 0 unspecified atom stereocenters. The fourth-order valence-corrected chi connectivity index (χ4v) is 4.29. The number of aliphatic hydroxyl groups is 1. The van der Waals surface area contributed by atoms with Gasteiger partial charge in [0.1, 0.15) is 6.61 Å². The van der Waals surface area contributed by atoms with Crippen molar-refractivity contribution in [3.05, 3.63) is 69.8 Å². The van der Waals surface area contributed by atoms with Crippen LogP contribution in [0.1, 0.15) is 22.8 Å². The molecule has 2 N–H and O–H groups in total. The Kier molecular flexibility index (Phi) is 3.14.